The normalized spacial score (nSPS) is 10.7. The zero-order chi connectivity index (χ0) is 15.6. The smallest absolute Gasteiger partial charge is 0.272 e. The van der Waals surface area contributed by atoms with E-state index in [2.05, 4.69) is 28.2 Å². The largest absolute Gasteiger partial charge is 0.508 e. The average Bonchev–Trinajstić information content (AvgIpc) is 2.77. The van der Waals surface area contributed by atoms with Crippen molar-refractivity contribution < 1.29 is 9.90 Å². The van der Waals surface area contributed by atoms with E-state index in [1.54, 1.807) is 19.1 Å². The molecule has 0 aliphatic heterocycles. The molecule has 21 heavy (non-hydrogen) atoms. The molecule has 1 aromatic carbocycles. The number of nitrogens with one attached hydrogen (secondary N) is 1. The molecule has 0 saturated heterocycles. The molecule has 0 saturated carbocycles. The van der Waals surface area contributed by atoms with Gasteiger partial charge in [-0.2, -0.15) is 0 Å². The highest BCUT2D eigenvalue weighted by molar-refractivity contribution is 9.10. The number of carbonyl (C=O) groups excluding carboxylic acids is 1. The van der Waals surface area contributed by atoms with Crippen LogP contribution in [0, 0.1) is 13.8 Å². The topological polar surface area (TPSA) is 54.3 Å². The Morgan fingerprint density at radius 3 is 2.67 bits per heavy atom. The Kier molecular flexibility index (Phi) is 4.73. The molecule has 0 fully saturated rings. The van der Waals surface area contributed by atoms with Crippen LogP contribution in [-0.4, -0.2) is 15.6 Å². The highest BCUT2D eigenvalue weighted by Crippen LogP contribution is 2.26. The van der Waals surface area contributed by atoms with Gasteiger partial charge in [-0.3, -0.25) is 4.79 Å². The summed E-state index contributed by atoms with van der Waals surface area (Å²) in [6.07, 6.45) is 2.87. The van der Waals surface area contributed by atoms with Gasteiger partial charge >= 0.3 is 0 Å². The molecule has 2 rings (SSSR count). The van der Waals surface area contributed by atoms with Gasteiger partial charge in [0, 0.05) is 22.9 Å². The zero-order valence-corrected chi connectivity index (χ0v) is 14.0. The van der Waals surface area contributed by atoms with Gasteiger partial charge in [-0.15, -0.1) is 0 Å². The first-order chi connectivity index (χ1) is 9.92. The second-order valence-corrected chi connectivity index (χ2v) is 6.06. The summed E-state index contributed by atoms with van der Waals surface area (Å²) in [5, 5.41) is 12.6. The number of phenolic OH excluding ortho intramolecular Hbond substituents is 1. The standard InChI is InChI=1S/C16H19BrN2O2/c1-4-5-19-9-12(17)8-14(19)16(21)18-13-6-11(3)15(20)7-10(13)2/h6-9,20H,4-5H2,1-3H3,(H,18,21). The summed E-state index contributed by atoms with van der Waals surface area (Å²) in [7, 11) is 0. The van der Waals surface area contributed by atoms with Crippen LogP contribution in [0.25, 0.3) is 0 Å². The molecule has 2 aromatic rings. The van der Waals surface area contributed by atoms with Crippen LogP contribution in [0.4, 0.5) is 5.69 Å². The van der Waals surface area contributed by atoms with Crippen molar-refractivity contribution in [1.29, 1.82) is 0 Å². The number of benzene rings is 1. The molecule has 1 heterocycles. The van der Waals surface area contributed by atoms with Crippen molar-refractivity contribution in [3.05, 3.63) is 45.7 Å². The molecule has 0 atom stereocenters. The molecule has 0 radical (unpaired) electrons. The second kappa shape index (κ2) is 6.35. The molecule has 0 unspecified atom stereocenters. The molecule has 2 N–H and O–H groups in total. The molecule has 5 heteroatoms. The lowest BCUT2D eigenvalue weighted by Crippen LogP contribution is -2.17. The van der Waals surface area contributed by atoms with Crippen LogP contribution < -0.4 is 5.32 Å². The summed E-state index contributed by atoms with van der Waals surface area (Å²) in [5.41, 5.74) is 2.91. The van der Waals surface area contributed by atoms with E-state index in [1.165, 1.54) is 0 Å². The van der Waals surface area contributed by atoms with Crippen molar-refractivity contribution >= 4 is 27.5 Å². The average molecular weight is 351 g/mol. The van der Waals surface area contributed by atoms with Gasteiger partial charge in [-0.05, 0) is 65.5 Å². The molecule has 112 valence electrons. The summed E-state index contributed by atoms with van der Waals surface area (Å²) in [5.74, 6) is 0.0879. The van der Waals surface area contributed by atoms with Gasteiger partial charge in [0.15, 0.2) is 0 Å². The summed E-state index contributed by atoms with van der Waals surface area (Å²) in [4.78, 5) is 12.5. The maximum atomic E-state index is 12.5. The molecule has 0 spiro atoms. The van der Waals surface area contributed by atoms with E-state index in [0.29, 0.717) is 5.69 Å². The lowest BCUT2D eigenvalue weighted by Gasteiger charge is -2.12. The Bertz CT molecular complexity index is 677. The van der Waals surface area contributed by atoms with Crippen LogP contribution in [-0.2, 0) is 6.54 Å². The van der Waals surface area contributed by atoms with Gasteiger partial charge in [0.1, 0.15) is 11.4 Å². The highest BCUT2D eigenvalue weighted by Gasteiger charge is 2.14. The fourth-order valence-corrected chi connectivity index (χ4v) is 2.68. The van der Waals surface area contributed by atoms with Crippen LogP contribution >= 0.6 is 15.9 Å². The van der Waals surface area contributed by atoms with E-state index in [9.17, 15) is 9.90 Å². The number of hydrogen-bond acceptors (Lipinski definition) is 2. The number of aryl methyl sites for hydroxylation is 3. The van der Waals surface area contributed by atoms with Crippen molar-refractivity contribution in [2.24, 2.45) is 0 Å². The van der Waals surface area contributed by atoms with E-state index in [1.807, 2.05) is 23.8 Å². The third kappa shape index (κ3) is 3.47. The van der Waals surface area contributed by atoms with Gasteiger partial charge in [-0.25, -0.2) is 0 Å². The lowest BCUT2D eigenvalue weighted by atomic mass is 10.1. The fraction of sp³-hybridized carbons (Fsp3) is 0.312. The Morgan fingerprint density at radius 2 is 2.00 bits per heavy atom. The minimum absolute atomic E-state index is 0.151. The van der Waals surface area contributed by atoms with Gasteiger partial charge in [-0.1, -0.05) is 6.92 Å². The second-order valence-electron chi connectivity index (χ2n) is 5.14. The summed E-state index contributed by atoms with van der Waals surface area (Å²) in [6, 6.07) is 5.25. The minimum atomic E-state index is -0.151. The van der Waals surface area contributed by atoms with Gasteiger partial charge in [0.2, 0.25) is 0 Å². The van der Waals surface area contributed by atoms with E-state index < -0.39 is 0 Å². The van der Waals surface area contributed by atoms with Crippen molar-refractivity contribution in [1.82, 2.24) is 4.57 Å². The summed E-state index contributed by atoms with van der Waals surface area (Å²) >= 11 is 3.41. The molecule has 0 bridgehead atoms. The number of phenols is 1. The van der Waals surface area contributed by atoms with Gasteiger partial charge < -0.3 is 15.0 Å². The molecular weight excluding hydrogens is 332 g/mol. The van der Waals surface area contributed by atoms with E-state index in [4.69, 9.17) is 0 Å². The molecule has 4 nitrogen and oxygen atoms in total. The third-order valence-electron chi connectivity index (χ3n) is 3.35. The van der Waals surface area contributed by atoms with Crippen LogP contribution in [0.5, 0.6) is 5.75 Å². The van der Waals surface area contributed by atoms with E-state index in [-0.39, 0.29) is 11.7 Å². The number of nitrogens with zero attached hydrogens (tertiary/aromatic N) is 1. The summed E-state index contributed by atoms with van der Waals surface area (Å²) < 4.78 is 2.82. The summed E-state index contributed by atoms with van der Waals surface area (Å²) in [6.45, 7) is 6.53. The molecule has 0 aliphatic carbocycles. The van der Waals surface area contributed by atoms with Crippen molar-refractivity contribution in [3.63, 3.8) is 0 Å². The number of anilines is 1. The first kappa shape index (κ1) is 15.6. The first-order valence-corrected chi connectivity index (χ1v) is 7.69. The molecule has 1 aromatic heterocycles. The van der Waals surface area contributed by atoms with Crippen LogP contribution in [0.3, 0.4) is 0 Å². The maximum Gasteiger partial charge on any atom is 0.272 e. The van der Waals surface area contributed by atoms with Gasteiger partial charge in [0.25, 0.3) is 5.91 Å². The Hall–Kier alpha value is -1.75. The van der Waals surface area contributed by atoms with Crippen LogP contribution in [0.1, 0.15) is 35.0 Å². The number of halogens is 1. The number of carbonyl (C=O) groups is 1. The zero-order valence-electron chi connectivity index (χ0n) is 12.4. The van der Waals surface area contributed by atoms with Crippen LogP contribution in [0.2, 0.25) is 0 Å². The Labute approximate surface area is 132 Å². The number of hydrogen-bond donors (Lipinski definition) is 2. The Balaban J connectivity index is 2.28. The molecule has 1 amide bonds. The van der Waals surface area contributed by atoms with Crippen molar-refractivity contribution in [3.8, 4) is 5.75 Å². The SMILES string of the molecule is CCCn1cc(Br)cc1C(=O)Nc1cc(C)c(O)cc1C. The van der Waals surface area contributed by atoms with Gasteiger partial charge in [0.05, 0.1) is 0 Å². The molecule has 0 aliphatic rings. The number of aromatic nitrogens is 1. The number of amides is 1. The third-order valence-corrected chi connectivity index (χ3v) is 3.79. The lowest BCUT2D eigenvalue weighted by molar-refractivity contribution is 0.101. The van der Waals surface area contributed by atoms with E-state index in [0.717, 1.165) is 34.3 Å². The predicted octanol–water partition coefficient (Wildman–Crippen LogP) is 4.24. The van der Waals surface area contributed by atoms with Crippen LogP contribution in [0.15, 0.2) is 28.9 Å². The van der Waals surface area contributed by atoms with E-state index >= 15 is 0 Å². The fourth-order valence-electron chi connectivity index (χ4n) is 2.21. The van der Waals surface area contributed by atoms with Crippen molar-refractivity contribution in [2.45, 2.75) is 33.7 Å². The highest BCUT2D eigenvalue weighted by atomic mass is 79.9. The minimum Gasteiger partial charge on any atom is -0.508 e. The quantitative estimate of drug-likeness (QED) is 0.810. The Morgan fingerprint density at radius 1 is 1.29 bits per heavy atom. The predicted molar refractivity (Wildman–Crippen MR) is 88.0 cm³/mol. The first-order valence-electron chi connectivity index (χ1n) is 6.89. The molecular formula is C16H19BrN2O2. The number of aromatic hydroxyl groups is 1. The maximum absolute atomic E-state index is 12.5. The monoisotopic (exact) mass is 350 g/mol. The van der Waals surface area contributed by atoms with Crippen molar-refractivity contribution in [2.75, 3.05) is 5.32 Å². The number of rotatable bonds is 4.